The average molecular weight is 258 g/mol. The Morgan fingerprint density at radius 2 is 2.06 bits per heavy atom. The molecule has 0 unspecified atom stereocenters. The molecular weight excluding hydrogens is 236 g/mol. The van der Waals surface area contributed by atoms with E-state index >= 15 is 0 Å². The fraction of sp³-hybridized carbons (Fsp3) is 0.917. The van der Waals surface area contributed by atoms with Gasteiger partial charge < -0.3 is 24.8 Å². The summed E-state index contributed by atoms with van der Waals surface area (Å²) in [5.41, 5.74) is -0.453. The summed E-state index contributed by atoms with van der Waals surface area (Å²) in [6.07, 6.45) is -0.718. The van der Waals surface area contributed by atoms with Gasteiger partial charge in [0, 0.05) is 19.1 Å². The lowest BCUT2D eigenvalue weighted by atomic mass is 10.1. The third-order valence-electron chi connectivity index (χ3n) is 3.03. The van der Waals surface area contributed by atoms with Gasteiger partial charge in [-0.1, -0.05) is 0 Å². The number of nitrogens with zero attached hydrogens (tertiary/aromatic N) is 1. The molecule has 2 aliphatic rings. The maximum absolute atomic E-state index is 11.7. The fourth-order valence-corrected chi connectivity index (χ4v) is 2.06. The Balaban J connectivity index is 1.69. The Kier molecular flexibility index (Phi) is 3.79. The summed E-state index contributed by atoms with van der Waals surface area (Å²) in [5, 5.41) is 12.9. The molecule has 2 rings (SSSR count). The number of amides is 1. The van der Waals surface area contributed by atoms with E-state index < -0.39 is 11.7 Å². The van der Waals surface area contributed by atoms with Crippen molar-refractivity contribution in [2.75, 3.05) is 26.3 Å². The molecule has 0 spiro atoms. The molecule has 2 atom stereocenters. The molecule has 0 aromatic carbocycles. The van der Waals surface area contributed by atoms with Crippen LogP contribution in [-0.2, 0) is 9.47 Å². The van der Waals surface area contributed by atoms with Gasteiger partial charge in [0.25, 0.3) is 0 Å². The van der Waals surface area contributed by atoms with Crippen molar-refractivity contribution in [1.29, 1.82) is 0 Å². The van der Waals surface area contributed by atoms with Gasteiger partial charge in [-0.15, -0.1) is 0 Å². The number of carbonyl (C=O) groups is 1. The summed E-state index contributed by atoms with van der Waals surface area (Å²) < 4.78 is 10.4. The zero-order chi connectivity index (χ0) is 13.3. The van der Waals surface area contributed by atoms with Gasteiger partial charge in [0.2, 0.25) is 0 Å². The van der Waals surface area contributed by atoms with Crippen LogP contribution in [0, 0.1) is 0 Å². The Hall–Kier alpha value is -0.850. The van der Waals surface area contributed by atoms with E-state index in [4.69, 9.17) is 9.47 Å². The van der Waals surface area contributed by atoms with Crippen LogP contribution in [0.25, 0.3) is 0 Å². The van der Waals surface area contributed by atoms with E-state index in [1.165, 1.54) is 0 Å². The van der Waals surface area contributed by atoms with Crippen molar-refractivity contribution in [2.45, 2.75) is 44.6 Å². The summed E-state index contributed by atoms with van der Waals surface area (Å²) in [6, 6.07) is 0.203. The van der Waals surface area contributed by atoms with Crippen molar-refractivity contribution in [3.63, 3.8) is 0 Å². The lowest BCUT2D eigenvalue weighted by molar-refractivity contribution is 0.00270. The number of aliphatic hydroxyl groups is 1. The van der Waals surface area contributed by atoms with Crippen LogP contribution in [0.15, 0.2) is 0 Å². The van der Waals surface area contributed by atoms with Crippen LogP contribution in [0.1, 0.15) is 20.8 Å². The maximum Gasteiger partial charge on any atom is 0.410 e. The molecule has 2 heterocycles. The standard InChI is InChI=1S/C12H22N2O4/c1-12(2,3)18-11(16)14-4-8(5-14)13-9-6-17-7-10(9)15/h8-10,13,15H,4-7H2,1-3H3/t9-,10-/m1/s1. The number of aliphatic hydroxyl groups excluding tert-OH is 1. The van der Waals surface area contributed by atoms with Gasteiger partial charge in [0.1, 0.15) is 5.60 Å². The number of hydrogen-bond donors (Lipinski definition) is 2. The summed E-state index contributed by atoms with van der Waals surface area (Å²) >= 11 is 0. The molecule has 1 amide bonds. The zero-order valence-electron chi connectivity index (χ0n) is 11.2. The Morgan fingerprint density at radius 3 is 2.56 bits per heavy atom. The molecule has 0 aliphatic carbocycles. The minimum atomic E-state index is -0.453. The second-order valence-electron chi connectivity index (χ2n) is 5.96. The minimum absolute atomic E-state index is 0.0178. The molecule has 6 heteroatoms. The molecule has 2 N–H and O–H groups in total. The van der Waals surface area contributed by atoms with E-state index in [-0.39, 0.29) is 18.2 Å². The lowest BCUT2D eigenvalue weighted by Gasteiger charge is -2.41. The molecule has 0 bridgehead atoms. The van der Waals surface area contributed by atoms with Crippen molar-refractivity contribution >= 4 is 6.09 Å². The molecule has 2 fully saturated rings. The van der Waals surface area contributed by atoms with Crippen molar-refractivity contribution in [3.05, 3.63) is 0 Å². The van der Waals surface area contributed by atoms with Crippen molar-refractivity contribution in [3.8, 4) is 0 Å². The first-order valence-electron chi connectivity index (χ1n) is 6.35. The second-order valence-corrected chi connectivity index (χ2v) is 5.96. The first kappa shape index (κ1) is 13.6. The molecule has 0 saturated carbocycles. The van der Waals surface area contributed by atoms with Crippen LogP contribution in [0.5, 0.6) is 0 Å². The summed E-state index contributed by atoms with van der Waals surface area (Å²) in [6.45, 7) is 7.73. The van der Waals surface area contributed by atoms with E-state index in [0.29, 0.717) is 26.3 Å². The van der Waals surface area contributed by atoms with E-state index in [9.17, 15) is 9.90 Å². The van der Waals surface area contributed by atoms with E-state index in [2.05, 4.69) is 5.32 Å². The van der Waals surface area contributed by atoms with Gasteiger partial charge in [-0.05, 0) is 20.8 Å². The smallest absolute Gasteiger partial charge is 0.410 e. The molecule has 18 heavy (non-hydrogen) atoms. The van der Waals surface area contributed by atoms with Crippen LogP contribution < -0.4 is 5.32 Å². The summed E-state index contributed by atoms with van der Waals surface area (Å²) in [7, 11) is 0. The number of hydrogen-bond acceptors (Lipinski definition) is 5. The van der Waals surface area contributed by atoms with Crippen molar-refractivity contribution in [2.24, 2.45) is 0 Å². The average Bonchev–Trinajstić information content (AvgIpc) is 2.54. The highest BCUT2D eigenvalue weighted by atomic mass is 16.6. The van der Waals surface area contributed by atoms with Gasteiger partial charge in [-0.3, -0.25) is 0 Å². The Morgan fingerprint density at radius 1 is 1.39 bits per heavy atom. The highest BCUT2D eigenvalue weighted by Gasteiger charge is 2.37. The van der Waals surface area contributed by atoms with Crippen LogP contribution in [-0.4, -0.2) is 66.2 Å². The SMILES string of the molecule is CC(C)(C)OC(=O)N1CC(N[C@@H]2COC[C@H]2O)C1. The Bertz CT molecular complexity index is 310. The van der Waals surface area contributed by atoms with E-state index in [1.807, 2.05) is 20.8 Å². The zero-order valence-corrected chi connectivity index (χ0v) is 11.2. The third-order valence-corrected chi connectivity index (χ3v) is 3.03. The Labute approximate surface area is 107 Å². The van der Waals surface area contributed by atoms with Crippen LogP contribution in [0.2, 0.25) is 0 Å². The molecule has 0 radical (unpaired) electrons. The van der Waals surface area contributed by atoms with Gasteiger partial charge >= 0.3 is 6.09 Å². The predicted octanol–water partition coefficient (Wildman–Crippen LogP) is -0.0450. The number of likely N-dealkylation sites (tertiary alicyclic amines) is 1. The summed E-state index contributed by atoms with van der Waals surface area (Å²) in [5.74, 6) is 0. The highest BCUT2D eigenvalue weighted by Crippen LogP contribution is 2.16. The van der Waals surface area contributed by atoms with Crippen molar-refractivity contribution < 1.29 is 19.4 Å². The minimum Gasteiger partial charge on any atom is -0.444 e. The molecule has 2 aliphatic heterocycles. The normalized spacial score (nSPS) is 29.2. The summed E-state index contributed by atoms with van der Waals surface area (Å²) in [4.78, 5) is 13.3. The monoisotopic (exact) mass is 258 g/mol. The fourth-order valence-electron chi connectivity index (χ4n) is 2.06. The number of nitrogens with one attached hydrogen (secondary N) is 1. The van der Waals surface area contributed by atoms with Gasteiger partial charge in [-0.2, -0.15) is 0 Å². The van der Waals surface area contributed by atoms with E-state index in [1.54, 1.807) is 4.90 Å². The van der Waals surface area contributed by atoms with Crippen molar-refractivity contribution in [1.82, 2.24) is 10.2 Å². The molecule has 0 aromatic heterocycles. The molecular formula is C12H22N2O4. The third kappa shape index (κ3) is 3.34. The van der Waals surface area contributed by atoms with Crippen LogP contribution in [0.3, 0.4) is 0 Å². The van der Waals surface area contributed by atoms with Gasteiger partial charge in [0.15, 0.2) is 0 Å². The largest absolute Gasteiger partial charge is 0.444 e. The van der Waals surface area contributed by atoms with Crippen LogP contribution in [0.4, 0.5) is 4.79 Å². The van der Waals surface area contributed by atoms with Gasteiger partial charge in [0.05, 0.1) is 25.4 Å². The molecule has 6 nitrogen and oxygen atoms in total. The number of ether oxygens (including phenoxy) is 2. The number of carbonyl (C=O) groups excluding carboxylic acids is 1. The lowest BCUT2D eigenvalue weighted by Crippen LogP contribution is -2.63. The predicted molar refractivity (Wildman–Crippen MR) is 65.3 cm³/mol. The molecule has 0 aromatic rings. The first-order chi connectivity index (χ1) is 8.35. The van der Waals surface area contributed by atoms with Crippen LogP contribution >= 0.6 is 0 Å². The van der Waals surface area contributed by atoms with Gasteiger partial charge in [-0.25, -0.2) is 4.79 Å². The number of rotatable bonds is 2. The molecule has 2 saturated heterocycles. The first-order valence-corrected chi connectivity index (χ1v) is 6.35. The van der Waals surface area contributed by atoms with E-state index in [0.717, 1.165) is 0 Å². The highest BCUT2D eigenvalue weighted by molar-refractivity contribution is 5.69. The maximum atomic E-state index is 11.7. The molecule has 104 valence electrons. The topological polar surface area (TPSA) is 71.0 Å². The quantitative estimate of drug-likeness (QED) is 0.727. The second kappa shape index (κ2) is 5.03.